The van der Waals surface area contributed by atoms with E-state index >= 15 is 0 Å². The molecule has 1 aliphatic heterocycles. The molecule has 1 aliphatic rings. The van der Waals surface area contributed by atoms with E-state index in [1.54, 1.807) is 24.8 Å². The van der Waals surface area contributed by atoms with Crippen molar-refractivity contribution in [3.63, 3.8) is 0 Å². The fourth-order valence-corrected chi connectivity index (χ4v) is 3.18. The summed E-state index contributed by atoms with van der Waals surface area (Å²) < 4.78 is 0. The topological polar surface area (TPSA) is 79.7 Å². The lowest BCUT2D eigenvalue weighted by molar-refractivity contribution is 0.680. The molecule has 1 atom stereocenters. The fraction of sp³-hybridized carbons (Fsp3) is 0.278. The lowest BCUT2D eigenvalue weighted by atomic mass is 10.1. The number of nitrogens with zero attached hydrogens (tertiary/aromatic N) is 6. The molecule has 126 valence electrons. The minimum Gasteiger partial charge on any atom is -0.347 e. The fourth-order valence-electron chi connectivity index (χ4n) is 3.18. The molecule has 1 fully saturated rings. The molecule has 1 unspecified atom stereocenters. The third-order valence-electron chi connectivity index (χ3n) is 4.22. The minimum absolute atomic E-state index is 0.183. The van der Waals surface area contributed by atoms with Crippen molar-refractivity contribution in [2.45, 2.75) is 25.8 Å². The van der Waals surface area contributed by atoms with Crippen LogP contribution < -0.4 is 10.2 Å². The second kappa shape index (κ2) is 6.80. The SMILES string of the molecule is Cc1nc(Nc2ccccn2)cc(C2CCCN2c2cnccn2)n1. The van der Waals surface area contributed by atoms with Crippen LogP contribution in [0.1, 0.15) is 30.4 Å². The Balaban J connectivity index is 1.63. The van der Waals surface area contributed by atoms with Crippen LogP contribution in [0.4, 0.5) is 17.5 Å². The normalized spacial score (nSPS) is 16.8. The van der Waals surface area contributed by atoms with Crippen LogP contribution in [-0.4, -0.2) is 31.5 Å². The molecular formula is C18H19N7. The molecular weight excluding hydrogens is 314 g/mol. The third-order valence-corrected chi connectivity index (χ3v) is 4.22. The van der Waals surface area contributed by atoms with Gasteiger partial charge in [-0.05, 0) is 31.9 Å². The van der Waals surface area contributed by atoms with Crippen LogP contribution in [0.5, 0.6) is 0 Å². The third kappa shape index (κ3) is 3.40. The highest BCUT2D eigenvalue weighted by molar-refractivity contribution is 5.52. The molecule has 7 nitrogen and oxygen atoms in total. The van der Waals surface area contributed by atoms with E-state index in [1.807, 2.05) is 31.2 Å². The number of aromatic nitrogens is 5. The Morgan fingerprint density at radius 3 is 2.84 bits per heavy atom. The van der Waals surface area contributed by atoms with Gasteiger partial charge >= 0.3 is 0 Å². The number of anilines is 3. The highest BCUT2D eigenvalue weighted by atomic mass is 15.2. The van der Waals surface area contributed by atoms with Gasteiger partial charge in [0, 0.05) is 31.2 Å². The average Bonchev–Trinajstić information content (AvgIpc) is 3.13. The number of rotatable bonds is 4. The molecule has 0 spiro atoms. The Morgan fingerprint density at radius 1 is 1.08 bits per heavy atom. The maximum atomic E-state index is 4.67. The van der Waals surface area contributed by atoms with E-state index in [9.17, 15) is 0 Å². The maximum Gasteiger partial charge on any atom is 0.147 e. The van der Waals surface area contributed by atoms with E-state index in [2.05, 4.69) is 35.1 Å². The molecule has 25 heavy (non-hydrogen) atoms. The number of nitrogens with one attached hydrogen (secondary N) is 1. The molecule has 0 amide bonds. The summed E-state index contributed by atoms with van der Waals surface area (Å²) in [5, 5.41) is 3.25. The van der Waals surface area contributed by atoms with E-state index < -0.39 is 0 Å². The standard InChI is InChI=1S/C18H19N7/c1-13-22-14(11-17(23-13)24-16-6-2-3-7-20-16)15-5-4-10-25(15)18-12-19-8-9-21-18/h2-3,6-9,11-12,15H,4-5,10H2,1H3,(H,20,22,23,24). The minimum atomic E-state index is 0.183. The van der Waals surface area contributed by atoms with Gasteiger partial charge in [0.15, 0.2) is 0 Å². The maximum absolute atomic E-state index is 4.67. The first kappa shape index (κ1) is 15.4. The van der Waals surface area contributed by atoms with Crippen molar-refractivity contribution in [1.82, 2.24) is 24.9 Å². The van der Waals surface area contributed by atoms with Crippen LogP contribution in [-0.2, 0) is 0 Å². The zero-order valence-corrected chi connectivity index (χ0v) is 14.0. The highest BCUT2D eigenvalue weighted by Gasteiger charge is 2.29. The zero-order valence-electron chi connectivity index (χ0n) is 14.0. The molecule has 3 aromatic heterocycles. The summed E-state index contributed by atoms with van der Waals surface area (Å²) in [7, 11) is 0. The molecule has 0 saturated carbocycles. The molecule has 4 heterocycles. The van der Waals surface area contributed by atoms with E-state index in [0.717, 1.165) is 48.4 Å². The summed E-state index contributed by atoms with van der Waals surface area (Å²) in [6.07, 6.45) is 9.12. The Bertz CT molecular complexity index is 839. The van der Waals surface area contributed by atoms with Crippen LogP contribution in [0, 0.1) is 6.92 Å². The molecule has 0 radical (unpaired) electrons. The van der Waals surface area contributed by atoms with Crippen molar-refractivity contribution in [3.05, 3.63) is 60.6 Å². The van der Waals surface area contributed by atoms with Crippen molar-refractivity contribution >= 4 is 17.5 Å². The van der Waals surface area contributed by atoms with E-state index in [-0.39, 0.29) is 6.04 Å². The van der Waals surface area contributed by atoms with Crippen molar-refractivity contribution in [2.75, 3.05) is 16.8 Å². The summed E-state index contributed by atoms with van der Waals surface area (Å²) in [6.45, 7) is 2.87. The summed E-state index contributed by atoms with van der Waals surface area (Å²) in [5.41, 5.74) is 0.995. The molecule has 1 N–H and O–H groups in total. The lowest BCUT2D eigenvalue weighted by Crippen LogP contribution is -2.24. The van der Waals surface area contributed by atoms with Gasteiger partial charge in [-0.1, -0.05) is 6.07 Å². The number of aryl methyl sites for hydroxylation is 1. The Morgan fingerprint density at radius 2 is 2.04 bits per heavy atom. The van der Waals surface area contributed by atoms with E-state index in [0.29, 0.717) is 0 Å². The summed E-state index contributed by atoms with van der Waals surface area (Å²) in [5.74, 6) is 3.15. The predicted molar refractivity (Wildman–Crippen MR) is 95.6 cm³/mol. The molecule has 0 bridgehead atoms. The van der Waals surface area contributed by atoms with Gasteiger partial charge in [-0.2, -0.15) is 0 Å². The van der Waals surface area contributed by atoms with Crippen molar-refractivity contribution in [2.24, 2.45) is 0 Å². The summed E-state index contributed by atoms with van der Waals surface area (Å²) >= 11 is 0. The molecule has 0 aliphatic carbocycles. The molecule has 1 saturated heterocycles. The molecule has 7 heteroatoms. The van der Waals surface area contributed by atoms with E-state index in [1.165, 1.54) is 0 Å². The second-order valence-corrected chi connectivity index (χ2v) is 5.98. The first-order valence-electron chi connectivity index (χ1n) is 8.36. The van der Waals surface area contributed by atoms with Crippen LogP contribution in [0.25, 0.3) is 0 Å². The molecule has 0 aromatic carbocycles. The highest BCUT2D eigenvalue weighted by Crippen LogP contribution is 2.34. The van der Waals surface area contributed by atoms with Gasteiger partial charge in [0.05, 0.1) is 17.9 Å². The van der Waals surface area contributed by atoms with Crippen LogP contribution >= 0.6 is 0 Å². The molecule has 3 aromatic rings. The van der Waals surface area contributed by atoms with Gasteiger partial charge in [-0.25, -0.2) is 19.9 Å². The van der Waals surface area contributed by atoms with Gasteiger partial charge < -0.3 is 10.2 Å². The van der Waals surface area contributed by atoms with Crippen molar-refractivity contribution in [3.8, 4) is 0 Å². The molecule has 4 rings (SSSR count). The van der Waals surface area contributed by atoms with E-state index in [4.69, 9.17) is 0 Å². The Hall–Kier alpha value is -3.09. The monoisotopic (exact) mass is 333 g/mol. The van der Waals surface area contributed by atoms with Gasteiger partial charge in [0.25, 0.3) is 0 Å². The van der Waals surface area contributed by atoms with Crippen LogP contribution in [0.3, 0.4) is 0 Å². The average molecular weight is 333 g/mol. The zero-order chi connectivity index (χ0) is 17.1. The van der Waals surface area contributed by atoms with Gasteiger partial charge in [-0.15, -0.1) is 0 Å². The predicted octanol–water partition coefficient (Wildman–Crippen LogP) is 3.06. The van der Waals surface area contributed by atoms with Crippen LogP contribution in [0.2, 0.25) is 0 Å². The first-order chi connectivity index (χ1) is 12.3. The van der Waals surface area contributed by atoms with Gasteiger partial charge in [0.2, 0.25) is 0 Å². The van der Waals surface area contributed by atoms with Crippen molar-refractivity contribution in [1.29, 1.82) is 0 Å². The smallest absolute Gasteiger partial charge is 0.147 e. The second-order valence-electron chi connectivity index (χ2n) is 5.98. The number of hydrogen-bond acceptors (Lipinski definition) is 7. The quantitative estimate of drug-likeness (QED) is 0.786. The number of pyridine rings is 1. The first-order valence-corrected chi connectivity index (χ1v) is 8.36. The van der Waals surface area contributed by atoms with Crippen LogP contribution in [0.15, 0.2) is 49.1 Å². The largest absolute Gasteiger partial charge is 0.347 e. The summed E-state index contributed by atoms with van der Waals surface area (Å²) in [4.78, 5) is 24.4. The Kier molecular flexibility index (Phi) is 4.20. The van der Waals surface area contributed by atoms with Gasteiger partial charge in [0.1, 0.15) is 23.3 Å². The van der Waals surface area contributed by atoms with Crippen molar-refractivity contribution < 1.29 is 0 Å². The summed E-state index contributed by atoms with van der Waals surface area (Å²) in [6, 6.07) is 7.93. The lowest BCUT2D eigenvalue weighted by Gasteiger charge is -2.25. The number of hydrogen-bond donors (Lipinski definition) is 1. The van der Waals surface area contributed by atoms with Gasteiger partial charge in [-0.3, -0.25) is 4.98 Å². The Labute approximate surface area is 146 Å².